The Morgan fingerprint density at radius 1 is 0.632 bits per heavy atom. The summed E-state index contributed by atoms with van der Waals surface area (Å²) in [5.74, 6) is 0.226. The number of hydrogen-bond donors (Lipinski definition) is 2. The molecule has 3 heteroatoms. The zero-order valence-electron chi connectivity index (χ0n) is 23.3. The topological polar surface area (TPSA) is 52.8 Å². The van der Waals surface area contributed by atoms with E-state index in [1.807, 2.05) is 97.1 Å². The van der Waals surface area contributed by atoms with Crippen molar-refractivity contribution in [1.82, 2.24) is 0 Å². The summed E-state index contributed by atoms with van der Waals surface area (Å²) in [6.07, 6.45) is 1.73. The molecular formula is C35H39NO2. The molecule has 0 spiro atoms. The van der Waals surface area contributed by atoms with Gasteiger partial charge in [-0.05, 0) is 39.2 Å². The molecule has 0 aromatic heterocycles. The Hall–Kier alpha value is -3.69. The third kappa shape index (κ3) is 5.58. The molecule has 0 unspecified atom stereocenters. The number of hydrogen-bond acceptors (Lipinski definition) is 3. The van der Waals surface area contributed by atoms with E-state index in [4.69, 9.17) is 4.99 Å². The van der Waals surface area contributed by atoms with Gasteiger partial charge in [-0.2, -0.15) is 0 Å². The predicted molar refractivity (Wildman–Crippen MR) is 158 cm³/mol. The Bertz CT molecular complexity index is 1340. The molecule has 196 valence electrons. The maximum Gasteiger partial charge on any atom is 0.141 e. The van der Waals surface area contributed by atoms with Gasteiger partial charge in [-0.25, -0.2) is 0 Å². The van der Waals surface area contributed by atoms with Gasteiger partial charge >= 0.3 is 0 Å². The van der Waals surface area contributed by atoms with Gasteiger partial charge in [0.15, 0.2) is 0 Å². The summed E-state index contributed by atoms with van der Waals surface area (Å²) in [6.45, 7) is 12.8. The maximum atomic E-state index is 12.6. The third-order valence-electron chi connectivity index (χ3n) is 7.11. The van der Waals surface area contributed by atoms with Gasteiger partial charge < -0.3 is 10.2 Å². The number of phenolic OH excluding ortho intramolecular Hbond substituents is 1. The SMILES string of the molecule is CC(C)(C)c1cc(C=N[C@@H](c2ccccc2)C(O)(c2ccccc2)c2ccccc2)c(O)c(C(C)(C)C)c1. The number of benzene rings is 4. The number of aliphatic hydroxyl groups is 1. The first-order chi connectivity index (χ1) is 17.9. The van der Waals surface area contributed by atoms with Gasteiger partial charge in [0.05, 0.1) is 0 Å². The van der Waals surface area contributed by atoms with Gasteiger partial charge in [0.1, 0.15) is 17.4 Å². The summed E-state index contributed by atoms with van der Waals surface area (Å²) in [7, 11) is 0. The first kappa shape index (κ1) is 27.3. The highest BCUT2D eigenvalue weighted by Gasteiger charge is 2.41. The fourth-order valence-electron chi connectivity index (χ4n) is 4.85. The minimum absolute atomic E-state index is 0.107. The molecule has 4 aromatic rings. The van der Waals surface area contributed by atoms with Crippen molar-refractivity contribution in [2.45, 2.75) is 64.0 Å². The quantitative estimate of drug-likeness (QED) is 0.260. The van der Waals surface area contributed by atoms with Crippen molar-refractivity contribution in [2.75, 3.05) is 0 Å². The van der Waals surface area contributed by atoms with Gasteiger partial charge in [0.25, 0.3) is 0 Å². The molecule has 0 amide bonds. The lowest BCUT2D eigenvalue weighted by molar-refractivity contribution is 0.0523. The van der Waals surface area contributed by atoms with Crippen LogP contribution in [0.2, 0.25) is 0 Å². The summed E-state index contributed by atoms with van der Waals surface area (Å²) < 4.78 is 0. The van der Waals surface area contributed by atoms with Gasteiger partial charge in [-0.3, -0.25) is 4.99 Å². The second-order valence-corrected chi connectivity index (χ2v) is 12.1. The first-order valence-electron chi connectivity index (χ1n) is 13.2. The highest BCUT2D eigenvalue weighted by atomic mass is 16.3. The van der Waals surface area contributed by atoms with Crippen molar-refractivity contribution in [1.29, 1.82) is 0 Å². The van der Waals surface area contributed by atoms with Gasteiger partial charge in [-0.15, -0.1) is 0 Å². The van der Waals surface area contributed by atoms with E-state index in [1.165, 1.54) is 0 Å². The number of aromatic hydroxyl groups is 1. The average Bonchev–Trinajstić information content (AvgIpc) is 2.89. The van der Waals surface area contributed by atoms with E-state index in [0.29, 0.717) is 5.56 Å². The second-order valence-electron chi connectivity index (χ2n) is 12.1. The van der Waals surface area contributed by atoms with Gasteiger partial charge in [0.2, 0.25) is 0 Å². The molecule has 0 radical (unpaired) electrons. The number of rotatable bonds is 6. The van der Waals surface area contributed by atoms with Crippen LogP contribution >= 0.6 is 0 Å². The van der Waals surface area contributed by atoms with Crippen molar-refractivity contribution in [3.63, 3.8) is 0 Å². The van der Waals surface area contributed by atoms with Crippen molar-refractivity contribution in [3.8, 4) is 5.75 Å². The molecule has 0 aliphatic rings. The zero-order chi connectivity index (χ0) is 27.6. The Morgan fingerprint density at radius 2 is 1.11 bits per heavy atom. The molecule has 0 aliphatic carbocycles. The van der Waals surface area contributed by atoms with Crippen LogP contribution in [0.5, 0.6) is 5.75 Å². The lowest BCUT2D eigenvalue weighted by atomic mass is 9.77. The standard InChI is InChI=1S/C35H39NO2/c1-33(2,3)29-22-26(31(37)30(23-29)34(4,5)6)24-36-32(25-16-10-7-11-17-25)35(38,27-18-12-8-13-19-27)28-20-14-9-15-21-28/h7-24,32,37-38H,1-6H3/t32-/m0/s1. The Morgan fingerprint density at radius 3 is 1.55 bits per heavy atom. The maximum absolute atomic E-state index is 12.6. The normalized spacial score (nSPS) is 13.6. The zero-order valence-corrected chi connectivity index (χ0v) is 23.3. The molecule has 0 saturated heterocycles. The molecule has 1 atom stereocenters. The van der Waals surface area contributed by atoms with Gasteiger partial charge in [-0.1, -0.05) is 139 Å². The molecule has 0 fully saturated rings. The second kappa shape index (κ2) is 10.6. The molecule has 4 aromatic carbocycles. The van der Waals surface area contributed by atoms with E-state index in [1.54, 1.807) is 6.21 Å². The van der Waals surface area contributed by atoms with E-state index in [2.05, 4.69) is 47.6 Å². The highest BCUT2D eigenvalue weighted by Crippen LogP contribution is 2.44. The van der Waals surface area contributed by atoms with Gasteiger partial charge in [0, 0.05) is 17.3 Å². The smallest absolute Gasteiger partial charge is 0.141 e. The Labute approximate surface area is 227 Å². The van der Waals surface area contributed by atoms with Crippen molar-refractivity contribution >= 4 is 6.21 Å². The van der Waals surface area contributed by atoms with Crippen LogP contribution in [0, 0.1) is 0 Å². The first-order valence-corrected chi connectivity index (χ1v) is 13.2. The highest BCUT2D eigenvalue weighted by molar-refractivity contribution is 5.85. The van der Waals surface area contributed by atoms with Crippen LogP contribution in [0.4, 0.5) is 0 Å². The molecular weight excluding hydrogens is 466 g/mol. The molecule has 0 aliphatic heterocycles. The lowest BCUT2D eigenvalue weighted by Gasteiger charge is -2.35. The van der Waals surface area contributed by atoms with Crippen LogP contribution in [0.15, 0.2) is 108 Å². The number of nitrogens with zero attached hydrogens (tertiary/aromatic N) is 1. The molecule has 38 heavy (non-hydrogen) atoms. The number of phenols is 1. The van der Waals surface area contributed by atoms with Crippen LogP contribution in [0.1, 0.15) is 81.0 Å². The number of aliphatic imine (C=N–C) groups is 1. The fraction of sp³-hybridized carbons (Fsp3) is 0.286. The van der Waals surface area contributed by atoms with E-state index in [9.17, 15) is 10.2 Å². The van der Waals surface area contributed by atoms with E-state index < -0.39 is 11.6 Å². The summed E-state index contributed by atoms with van der Waals surface area (Å²) in [5, 5.41) is 24.0. The Kier molecular flexibility index (Phi) is 7.62. The molecule has 2 N–H and O–H groups in total. The van der Waals surface area contributed by atoms with Crippen LogP contribution in [0.3, 0.4) is 0 Å². The lowest BCUT2D eigenvalue weighted by Crippen LogP contribution is -2.34. The third-order valence-corrected chi connectivity index (χ3v) is 7.11. The van der Waals surface area contributed by atoms with E-state index in [0.717, 1.165) is 27.8 Å². The van der Waals surface area contributed by atoms with Crippen molar-refractivity contribution in [3.05, 3.63) is 137 Å². The minimum Gasteiger partial charge on any atom is -0.507 e. The minimum atomic E-state index is -1.44. The molecule has 3 nitrogen and oxygen atoms in total. The molecule has 0 heterocycles. The molecule has 0 saturated carbocycles. The van der Waals surface area contributed by atoms with Crippen LogP contribution in [-0.2, 0) is 16.4 Å². The van der Waals surface area contributed by atoms with Crippen molar-refractivity contribution in [2.24, 2.45) is 4.99 Å². The largest absolute Gasteiger partial charge is 0.507 e. The summed E-state index contributed by atoms with van der Waals surface area (Å²) >= 11 is 0. The average molecular weight is 506 g/mol. The molecule has 4 rings (SSSR count). The summed E-state index contributed by atoms with van der Waals surface area (Å²) in [4.78, 5) is 5.06. The fourth-order valence-corrected chi connectivity index (χ4v) is 4.85. The predicted octanol–water partition coefficient (Wildman–Crippen LogP) is 8.08. The monoisotopic (exact) mass is 505 g/mol. The van der Waals surface area contributed by atoms with E-state index >= 15 is 0 Å². The summed E-state index contributed by atoms with van der Waals surface area (Å²) in [5.41, 5.74) is 3.23. The van der Waals surface area contributed by atoms with Crippen LogP contribution in [-0.4, -0.2) is 16.4 Å². The van der Waals surface area contributed by atoms with E-state index in [-0.39, 0.29) is 16.6 Å². The van der Waals surface area contributed by atoms with Crippen molar-refractivity contribution < 1.29 is 10.2 Å². The van der Waals surface area contributed by atoms with Crippen LogP contribution in [0.25, 0.3) is 0 Å². The summed E-state index contributed by atoms with van der Waals surface area (Å²) in [6, 6.07) is 32.7. The molecule has 0 bridgehead atoms. The van der Waals surface area contributed by atoms with Crippen LogP contribution < -0.4 is 0 Å². The Balaban J connectivity index is 1.96.